The molecule has 0 saturated heterocycles. The minimum absolute atomic E-state index is 0.167. The monoisotopic (exact) mass is 186 g/mol. The molecule has 0 atom stereocenters. The number of aliphatic hydroxyl groups excluding tert-OH is 1. The fourth-order valence-electron chi connectivity index (χ4n) is 0.0636. The summed E-state index contributed by atoms with van der Waals surface area (Å²) < 4.78 is 0. The summed E-state index contributed by atoms with van der Waals surface area (Å²) in [5.74, 6) is -1.03. The summed E-state index contributed by atoms with van der Waals surface area (Å²) in [5, 5.41) is 8.04. The van der Waals surface area contributed by atoms with E-state index in [1.54, 1.807) is 6.92 Å². The molecule has 0 unspecified atom stereocenters. The third kappa shape index (κ3) is 10.2. The number of primary amides is 2. The Kier molecular flexibility index (Phi) is 7.32. The van der Waals surface area contributed by atoms with Crippen molar-refractivity contribution in [3.05, 3.63) is 24.0 Å². The normalized spacial score (nSPS) is 9.54. The summed E-state index contributed by atoms with van der Waals surface area (Å²) in [5.41, 5.74) is 9.94. The van der Waals surface area contributed by atoms with Crippen LogP contribution in [0.1, 0.15) is 13.8 Å². The molecule has 0 spiro atoms. The summed E-state index contributed by atoms with van der Waals surface area (Å²) in [6.07, 6.45) is 0.683. The Morgan fingerprint density at radius 2 is 1.54 bits per heavy atom. The van der Waals surface area contributed by atoms with Gasteiger partial charge in [0.25, 0.3) is 0 Å². The molecule has 0 aliphatic heterocycles. The van der Waals surface area contributed by atoms with Crippen molar-refractivity contribution in [2.45, 2.75) is 13.8 Å². The lowest BCUT2D eigenvalue weighted by Crippen LogP contribution is -2.11. The molecular formula is C8H14N2O3. The maximum Gasteiger partial charge on any atom is 0.247 e. The first-order valence-corrected chi connectivity index (χ1v) is 3.39. The maximum atomic E-state index is 9.92. The van der Waals surface area contributed by atoms with Crippen LogP contribution in [0.2, 0.25) is 0 Å². The molecule has 2 amide bonds. The van der Waals surface area contributed by atoms with Gasteiger partial charge in [0.05, 0.1) is 6.26 Å². The van der Waals surface area contributed by atoms with E-state index >= 15 is 0 Å². The molecule has 5 N–H and O–H groups in total. The maximum absolute atomic E-state index is 9.92. The number of nitrogens with two attached hydrogens (primary N) is 2. The Balaban J connectivity index is 0. The van der Waals surface area contributed by atoms with Gasteiger partial charge in [-0.2, -0.15) is 0 Å². The van der Waals surface area contributed by atoms with Gasteiger partial charge in [0.15, 0.2) is 0 Å². The number of rotatable bonds is 2. The van der Waals surface area contributed by atoms with Crippen LogP contribution in [0.3, 0.4) is 0 Å². The number of aliphatic hydroxyl groups is 1. The highest BCUT2D eigenvalue weighted by molar-refractivity contribution is 5.91. The third-order valence-corrected chi connectivity index (χ3v) is 1.00. The van der Waals surface area contributed by atoms with Crippen molar-refractivity contribution in [3.63, 3.8) is 0 Å². The molecule has 0 radical (unpaired) electrons. The van der Waals surface area contributed by atoms with E-state index < -0.39 is 11.8 Å². The molecule has 0 saturated carbocycles. The van der Waals surface area contributed by atoms with E-state index in [0.717, 1.165) is 0 Å². The lowest BCUT2D eigenvalue weighted by atomic mass is 10.3. The van der Waals surface area contributed by atoms with Gasteiger partial charge in [-0.15, -0.1) is 0 Å². The molecule has 0 aliphatic carbocycles. The van der Waals surface area contributed by atoms with Crippen LogP contribution in [-0.4, -0.2) is 16.9 Å². The summed E-state index contributed by atoms with van der Waals surface area (Å²) in [7, 11) is 0. The van der Waals surface area contributed by atoms with E-state index in [4.69, 9.17) is 10.8 Å². The van der Waals surface area contributed by atoms with E-state index in [-0.39, 0.29) is 5.57 Å². The Hall–Kier alpha value is -1.78. The molecule has 0 aliphatic rings. The molecule has 5 nitrogen and oxygen atoms in total. The lowest BCUT2D eigenvalue weighted by Gasteiger charge is -1.84. The van der Waals surface area contributed by atoms with Crippen LogP contribution >= 0.6 is 0 Å². The highest BCUT2D eigenvalue weighted by Crippen LogP contribution is 1.83. The number of carbonyl (C=O) groups excluding carboxylic acids is 2. The van der Waals surface area contributed by atoms with Gasteiger partial charge in [-0.05, 0) is 13.8 Å². The van der Waals surface area contributed by atoms with Crippen molar-refractivity contribution in [1.82, 2.24) is 0 Å². The van der Waals surface area contributed by atoms with Crippen molar-refractivity contribution in [3.8, 4) is 0 Å². The average molecular weight is 186 g/mol. The first kappa shape index (κ1) is 13.8. The number of carbonyl (C=O) groups is 2. The molecule has 0 heterocycles. The molecule has 0 fully saturated rings. The highest BCUT2D eigenvalue weighted by atomic mass is 16.2. The number of amides is 2. The average Bonchev–Trinajstić information content (AvgIpc) is 2.03. The standard InChI is InChI=1S/C4H7NO2.C4H7NO/c1-3(2-6)4(5)7;1-3(2)4(5)6/h2,6H,1H3,(H2,5,7);1H2,2H3,(H2,5,6). The summed E-state index contributed by atoms with van der Waals surface area (Å²) in [6.45, 7) is 6.28. The van der Waals surface area contributed by atoms with E-state index in [2.05, 4.69) is 12.3 Å². The van der Waals surface area contributed by atoms with E-state index in [1.807, 2.05) is 0 Å². The van der Waals surface area contributed by atoms with Gasteiger partial charge in [0.2, 0.25) is 11.8 Å². The van der Waals surface area contributed by atoms with Crippen molar-refractivity contribution in [1.29, 1.82) is 0 Å². The van der Waals surface area contributed by atoms with Crippen LogP contribution < -0.4 is 11.5 Å². The zero-order valence-electron chi connectivity index (χ0n) is 7.70. The van der Waals surface area contributed by atoms with Crippen molar-refractivity contribution >= 4 is 11.8 Å². The lowest BCUT2D eigenvalue weighted by molar-refractivity contribution is -0.115. The summed E-state index contributed by atoms with van der Waals surface area (Å²) in [4.78, 5) is 19.7. The smallest absolute Gasteiger partial charge is 0.247 e. The quantitative estimate of drug-likeness (QED) is 0.416. The first-order chi connectivity index (χ1) is 5.82. The van der Waals surface area contributed by atoms with Crippen molar-refractivity contribution < 1.29 is 14.7 Å². The minimum Gasteiger partial charge on any atom is -0.515 e. The predicted molar refractivity (Wildman–Crippen MR) is 49.6 cm³/mol. The second-order valence-corrected chi connectivity index (χ2v) is 2.32. The second-order valence-electron chi connectivity index (χ2n) is 2.32. The van der Waals surface area contributed by atoms with Crippen LogP contribution in [0.5, 0.6) is 0 Å². The van der Waals surface area contributed by atoms with Gasteiger partial charge in [-0.25, -0.2) is 0 Å². The van der Waals surface area contributed by atoms with Crippen molar-refractivity contribution in [2.24, 2.45) is 11.5 Å². The molecule has 0 aromatic carbocycles. The van der Waals surface area contributed by atoms with Gasteiger partial charge in [0, 0.05) is 11.1 Å². The zero-order chi connectivity index (χ0) is 11.0. The van der Waals surface area contributed by atoms with Gasteiger partial charge in [-0.3, -0.25) is 9.59 Å². The molecule has 0 aromatic heterocycles. The largest absolute Gasteiger partial charge is 0.515 e. The van der Waals surface area contributed by atoms with Gasteiger partial charge >= 0.3 is 0 Å². The zero-order valence-corrected chi connectivity index (χ0v) is 7.70. The number of hydrogen-bond donors (Lipinski definition) is 3. The molecule has 0 rings (SSSR count). The van der Waals surface area contributed by atoms with Gasteiger partial charge in [-0.1, -0.05) is 6.58 Å². The molecule has 13 heavy (non-hydrogen) atoms. The first-order valence-electron chi connectivity index (χ1n) is 3.39. The van der Waals surface area contributed by atoms with Gasteiger partial charge in [0.1, 0.15) is 0 Å². The van der Waals surface area contributed by atoms with Gasteiger partial charge < -0.3 is 16.6 Å². The summed E-state index contributed by atoms with van der Waals surface area (Å²) >= 11 is 0. The fraction of sp³-hybridized carbons (Fsp3) is 0.250. The minimum atomic E-state index is -0.595. The Bertz CT molecular complexity index is 232. The van der Waals surface area contributed by atoms with E-state index in [0.29, 0.717) is 11.8 Å². The van der Waals surface area contributed by atoms with Crippen molar-refractivity contribution in [2.75, 3.05) is 0 Å². The SMILES string of the molecule is C=C(C)C(N)=O.CC(=CO)C(N)=O. The molecule has 5 heteroatoms. The molecule has 0 bridgehead atoms. The van der Waals surface area contributed by atoms with Crippen LogP contribution in [0, 0.1) is 0 Å². The predicted octanol–water partition coefficient (Wildman–Crippen LogP) is -0.0187. The number of hydrogen-bond acceptors (Lipinski definition) is 3. The molecule has 0 aromatic rings. The topological polar surface area (TPSA) is 106 Å². The Labute approximate surface area is 76.7 Å². The molecule has 74 valence electrons. The summed E-state index contributed by atoms with van der Waals surface area (Å²) in [6, 6.07) is 0. The van der Waals surface area contributed by atoms with Crippen LogP contribution in [0.4, 0.5) is 0 Å². The fourth-order valence-corrected chi connectivity index (χ4v) is 0.0636. The third-order valence-electron chi connectivity index (χ3n) is 1.00. The highest BCUT2D eigenvalue weighted by Gasteiger charge is 1.92. The Morgan fingerprint density at radius 1 is 1.23 bits per heavy atom. The van der Waals surface area contributed by atoms with Crippen LogP contribution in [-0.2, 0) is 9.59 Å². The van der Waals surface area contributed by atoms with E-state index in [9.17, 15) is 9.59 Å². The second kappa shape index (κ2) is 6.90. The molecular weight excluding hydrogens is 172 g/mol. The van der Waals surface area contributed by atoms with Crippen LogP contribution in [0.15, 0.2) is 24.0 Å². The van der Waals surface area contributed by atoms with Crippen LogP contribution in [0.25, 0.3) is 0 Å². The van der Waals surface area contributed by atoms with E-state index in [1.165, 1.54) is 6.92 Å². The Morgan fingerprint density at radius 3 is 1.54 bits per heavy atom.